The number of hydrogen-bond donors (Lipinski definition) is 1. The van der Waals surface area contributed by atoms with Crippen molar-refractivity contribution in [3.05, 3.63) is 35.4 Å². The summed E-state index contributed by atoms with van der Waals surface area (Å²) in [4.78, 5) is 19.6. The molecule has 2 rings (SSSR count). The maximum Gasteiger partial charge on any atom is 0.403 e. The lowest BCUT2D eigenvalue weighted by molar-refractivity contribution is -0.181. The van der Waals surface area contributed by atoms with E-state index in [1.165, 1.54) is 18.9 Å². The first-order valence-electron chi connectivity index (χ1n) is 9.77. The van der Waals surface area contributed by atoms with Crippen LogP contribution >= 0.6 is 0 Å². The van der Waals surface area contributed by atoms with Crippen LogP contribution in [0.5, 0.6) is 0 Å². The molecule has 0 saturated carbocycles. The Morgan fingerprint density at radius 3 is 2.34 bits per heavy atom. The van der Waals surface area contributed by atoms with Gasteiger partial charge in [-0.05, 0) is 38.0 Å². The van der Waals surface area contributed by atoms with Crippen LogP contribution in [0.1, 0.15) is 29.8 Å². The summed E-state index contributed by atoms with van der Waals surface area (Å²) in [5.41, 5.74) is 1.54. The molecule has 1 unspecified atom stereocenters. The fourth-order valence-corrected chi connectivity index (χ4v) is 3.17. The Labute approximate surface area is 169 Å². The van der Waals surface area contributed by atoms with Crippen molar-refractivity contribution in [3.8, 4) is 0 Å². The van der Waals surface area contributed by atoms with Crippen molar-refractivity contribution < 1.29 is 22.7 Å². The van der Waals surface area contributed by atoms with E-state index >= 15 is 0 Å². The van der Waals surface area contributed by atoms with Gasteiger partial charge in [0.15, 0.2) is 5.96 Å². The lowest BCUT2D eigenvalue weighted by Crippen LogP contribution is -2.56. The Morgan fingerprint density at radius 1 is 1.21 bits per heavy atom. The van der Waals surface area contributed by atoms with Gasteiger partial charge in [0.05, 0.1) is 12.7 Å². The molecule has 1 atom stereocenters. The van der Waals surface area contributed by atoms with Gasteiger partial charge in [0, 0.05) is 39.3 Å². The number of guanidine groups is 1. The summed E-state index contributed by atoms with van der Waals surface area (Å²) in [6.45, 7) is 6.09. The summed E-state index contributed by atoms with van der Waals surface area (Å²) in [5.74, 6) is 0.348. The molecule has 1 saturated heterocycles. The maximum atomic E-state index is 12.9. The molecule has 1 N–H and O–H groups in total. The molecule has 1 fully saturated rings. The summed E-state index contributed by atoms with van der Waals surface area (Å²) < 4.78 is 43.4. The molecule has 1 aliphatic rings. The molecule has 1 aromatic carbocycles. The predicted octanol–water partition coefficient (Wildman–Crippen LogP) is 2.55. The zero-order valence-corrected chi connectivity index (χ0v) is 17.1. The van der Waals surface area contributed by atoms with Crippen LogP contribution in [0.2, 0.25) is 0 Å². The zero-order chi connectivity index (χ0) is 21.4. The number of halogens is 3. The van der Waals surface area contributed by atoms with Crippen LogP contribution in [0.25, 0.3) is 0 Å². The monoisotopic (exact) mass is 414 g/mol. The van der Waals surface area contributed by atoms with E-state index in [2.05, 4.69) is 15.0 Å². The molecule has 1 aromatic rings. The van der Waals surface area contributed by atoms with E-state index in [1.54, 1.807) is 12.1 Å². The average molecular weight is 414 g/mol. The Bertz CT molecular complexity index is 684. The first kappa shape index (κ1) is 23.0. The SMILES string of the molecule is CCNC(=NCCc1ccc(C(=O)OC)cc1)N1CCN(C(C)C(F)(F)F)CC1. The second-order valence-electron chi connectivity index (χ2n) is 6.91. The molecular weight excluding hydrogens is 385 g/mol. The van der Waals surface area contributed by atoms with Gasteiger partial charge in [-0.25, -0.2) is 4.79 Å². The van der Waals surface area contributed by atoms with Gasteiger partial charge in [0.25, 0.3) is 0 Å². The number of carbonyl (C=O) groups is 1. The van der Waals surface area contributed by atoms with Crippen molar-refractivity contribution in [1.82, 2.24) is 15.1 Å². The van der Waals surface area contributed by atoms with E-state index < -0.39 is 12.2 Å². The first-order chi connectivity index (χ1) is 13.8. The van der Waals surface area contributed by atoms with Crippen LogP contribution in [0.3, 0.4) is 0 Å². The normalized spacial score (nSPS) is 17.2. The van der Waals surface area contributed by atoms with Crippen molar-refractivity contribution in [3.63, 3.8) is 0 Å². The van der Waals surface area contributed by atoms with Gasteiger partial charge in [-0.1, -0.05) is 12.1 Å². The van der Waals surface area contributed by atoms with E-state index in [0.717, 1.165) is 11.5 Å². The van der Waals surface area contributed by atoms with Gasteiger partial charge in [-0.3, -0.25) is 9.89 Å². The van der Waals surface area contributed by atoms with Crippen LogP contribution in [0.15, 0.2) is 29.3 Å². The largest absolute Gasteiger partial charge is 0.465 e. The van der Waals surface area contributed by atoms with Crippen molar-refractivity contribution >= 4 is 11.9 Å². The van der Waals surface area contributed by atoms with Gasteiger partial charge in [-0.15, -0.1) is 0 Å². The quantitative estimate of drug-likeness (QED) is 0.441. The summed E-state index contributed by atoms with van der Waals surface area (Å²) >= 11 is 0. The number of rotatable bonds is 6. The highest BCUT2D eigenvalue weighted by Crippen LogP contribution is 2.25. The minimum absolute atomic E-state index is 0.347. The molecule has 9 heteroatoms. The molecular formula is C20H29F3N4O2. The number of methoxy groups -OCH3 is 1. The molecule has 1 aliphatic heterocycles. The number of nitrogens with one attached hydrogen (secondary N) is 1. The maximum absolute atomic E-state index is 12.9. The third kappa shape index (κ3) is 6.62. The number of aliphatic imine (C=N–C) groups is 1. The van der Waals surface area contributed by atoms with Crippen molar-refractivity contribution in [1.29, 1.82) is 0 Å². The summed E-state index contributed by atoms with van der Waals surface area (Å²) in [7, 11) is 1.34. The number of benzene rings is 1. The Hall–Kier alpha value is -2.29. The topological polar surface area (TPSA) is 57.2 Å². The van der Waals surface area contributed by atoms with Crippen molar-refractivity contribution in [2.45, 2.75) is 32.5 Å². The molecule has 162 valence electrons. The Balaban J connectivity index is 1.91. The molecule has 0 aromatic heterocycles. The summed E-state index contributed by atoms with van der Waals surface area (Å²) in [5, 5.41) is 3.22. The molecule has 0 spiro atoms. The van der Waals surface area contributed by atoms with Gasteiger partial charge in [0.2, 0.25) is 0 Å². The van der Waals surface area contributed by atoms with Crippen LogP contribution in [0, 0.1) is 0 Å². The summed E-state index contributed by atoms with van der Waals surface area (Å²) in [6, 6.07) is 5.74. The third-order valence-corrected chi connectivity index (χ3v) is 5.01. The molecule has 0 aliphatic carbocycles. The van der Waals surface area contributed by atoms with E-state index in [9.17, 15) is 18.0 Å². The predicted molar refractivity (Wildman–Crippen MR) is 106 cm³/mol. The van der Waals surface area contributed by atoms with E-state index in [1.807, 2.05) is 24.0 Å². The fourth-order valence-electron chi connectivity index (χ4n) is 3.17. The highest BCUT2D eigenvalue weighted by molar-refractivity contribution is 5.89. The van der Waals surface area contributed by atoms with E-state index in [4.69, 9.17) is 0 Å². The summed E-state index contributed by atoms with van der Waals surface area (Å²) in [6.07, 6.45) is -3.51. The minimum atomic E-state index is -4.20. The smallest absolute Gasteiger partial charge is 0.403 e. The number of alkyl halides is 3. The van der Waals surface area contributed by atoms with E-state index in [-0.39, 0.29) is 5.97 Å². The number of ether oxygens (including phenoxy) is 1. The highest BCUT2D eigenvalue weighted by atomic mass is 19.4. The fraction of sp³-hybridized carbons (Fsp3) is 0.600. The lowest BCUT2D eigenvalue weighted by Gasteiger charge is -2.39. The number of carbonyl (C=O) groups excluding carboxylic acids is 1. The van der Waals surface area contributed by atoms with Gasteiger partial charge < -0.3 is 15.0 Å². The molecule has 0 amide bonds. The zero-order valence-electron chi connectivity index (χ0n) is 17.1. The van der Waals surface area contributed by atoms with Gasteiger partial charge in [0.1, 0.15) is 6.04 Å². The molecule has 0 radical (unpaired) electrons. The molecule has 0 bridgehead atoms. The molecule has 29 heavy (non-hydrogen) atoms. The average Bonchev–Trinajstić information content (AvgIpc) is 2.72. The molecule has 6 nitrogen and oxygen atoms in total. The van der Waals surface area contributed by atoms with Crippen LogP contribution < -0.4 is 5.32 Å². The van der Waals surface area contributed by atoms with Crippen LogP contribution in [-0.2, 0) is 11.2 Å². The van der Waals surface area contributed by atoms with Crippen molar-refractivity contribution in [2.75, 3.05) is 46.4 Å². The number of hydrogen-bond acceptors (Lipinski definition) is 4. The van der Waals surface area contributed by atoms with Crippen molar-refractivity contribution in [2.24, 2.45) is 4.99 Å². The van der Waals surface area contributed by atoms with Gasteiger partial charge in [-0.2, -0.15) is 13.2 Å². The third-order valence-electron chi connectivity index (χ3n) is 5.01. The first-order valence-corrected chi connectivity index (χ1v) is 9.77. The lowest BCUT2D eigenvalue weighted by atomic mass is 10.1. The second-order valence-corrected chi connectivity index (χ2v) is 6.91. The number of esters is 1. The van der Waals surface area contributed by atoms with Crippen LogP contribution in [-0.4, -0.2) is 80.3 Å². The van der Waals surface area contributed by atoms with Gasteiger partial charge >= 0.3 is 12.1 Å². The Kier molecular flexibility index (Phi) is 8.31. The Morgan fingerprint density at radius 2 is 1.83 bits per heavy atom. The number of nitrogens with zero attached hydrogens (tertiary/aromatic N) is 3. The highest BCUT2D eigenvalue weighted by Gasteiger charge is 2.41. The van der Waals surface area contributed by atoms with E-state index in [0.29, 0.717) is 51.3 Å². The number of piperazine rings is 1. The minimum Gasteiger partial charge on any atom is -0.465 e. The molecule has 1 heterocycles. The standard InChI is InChI=1S/C20H29F3N4O2/c1-4-24-19(27-13-11-26(12-14-27)15(2)20(21,22)23)25-10-9-16-5-7-17(8-6-16)18(28)29-3/h5-8,15H,4,9-14H2,1-3H3,(H,24,25). The second kappa shape index (κ2) is 10.5. The van der Waals surface area contributed by atoms with Crippen LogP contribution in [0.4, 0.5) is 13.2 Å².